The number of nitriles is 1. The molecule has 0 aromatic heterocycles. The summed E-state index contributed by atoms with van der Waals surface area (Å²) >= 11 is 0. The lowest BCUT2D eigenvalue weighted by Crippen LogP contribution is -2.31. The van der Waals surface area contributed by atoms with E-state index in [0.29, 0.717) is 35.5 Å². The Hall–Kier alpha value is -3.70. The highest BCUT2D eigenvalue weighted by Gasteiger charge is 2.35. The minimum absolute atomic E-state index is 0.263. The van der Waals surface area contributed by atoms with Gasteiger partial charge in [0.2, 0.25) is 0 Å². The van der Waals surface area contributed by atoms with Gasteiger partial charge in [0, 0.05) is 31.6 Å². The summed E-state index contributed by atoms with van der Waals surface area (Å²) in [6.45, 7) is 0.734. The monoisotopic (exact) mass is 378 g/mol. The van der Waals surface area contributed by atoms with Crippen LogP contribution in [0.25, 0.3) is 0 Å². The molecular weight excluding hydrogens is 360 g/mol. The summed E-state index contributed by atoms with van der Waals surface area (Å²) in [6.07, 6.45) is 0.556. The lowest BCUT2D eigenvalue weighted by molar-refractivity contribution is 0.0638. The van der Waals surface area contributed by atoms with Crippen molar-refractivity contribution in [3.05, 3.63) is 59.2 Å². The average molecular weight is 378 g/mol. The molecule has 2 N–H and O–H groups in total. The molecule has 4 amide bonds. The van der Waals surface area contributed by atoms with E-state index >= 15 is 0 Å². The van der Waals surface area contributed by atoms with E-state index in [4.69, 9.17) is 10.00 Å². The second-order valence-electron chi connectivity index (χ2n) is 6.14. The molecule has 0 fully saturated rings. The van der Waals surface area contributed by atoms with Crippen molar-refractivity contribution >= 4 is 29.2 Å². The van der Waals surface area contributed by atoms with Crippen LogP contribution in [0.1, 0.15) is 32.7 Å². The third-order valence-electron chi connectivity index (χ3n) is 4.23. The number of carbonyl (C=O) groups excluding carboxylic acids is 3. The van der Waals surface area contributed by atoms with Crippen LogP contribution in [0.3, 0.4) is 0 Å². The number of urea groups is 1. The lowest BCUT2D eigenvalue weighted by Gasteiger charge is -2.12. The first-order valence-electron chi connectivity index (χ1n) is 8.61. The highest BCUT2D eigenvalue weighted by molar-refractivity contribution is 6.22. The lowest BCUT2D eigenvalue weighted by atomic mass is 10.1. The Balaban J connectivity index is 1.67. The number of nitrogens with zero attached hydrogens (tertiary/aromatic N) is 2. The van der Waals surface area contributed by atoms with E-state index in [2.05, 4.69) is 10.6 Å². The molecule has 0 bridgehead atoms. The van der Waals surface area contributed by atoms with Crippen LogP contribution < -0.4 is 10.6 Å². The van der Waals surface area contributed by atoms with E-state index in [-0.39, 0.29) is 23.9 Å². The van der Waals surface area contributed by atoms with E-state index in [1.807, 2.05) is 6.07 Å². The molecule has 3 rings (SSSR count). The van der Waals surface area contributed by atoms with Crippen molar-refractivity contribution in [2.24, 2.45) is 0 Å². The first-order chi connectivity index (χ1) is 13.5. The maximum absolute atomic E-state index is 12.5. The molecule has 0 spiro atoms. The first-order valence-corrected chi connectivity index (χ1v) is 8.61. The molecule has 0 aliphatic carbocycles. The average Bonchev–Trinajstić information content (AvgIpc) is 2.93. The molecule has 0 unspecified atom stereocenters. The summed E-state index contributed by atoms with van der Waals surface area (Å²) in [5.41, 5.74) is 1.99. The number of carbonyl (C=O) groups is 3. The molecule has 142 valence electrons. The van der Waals surface area contributed by atoms with Crippen LogP contribution in [-0.2, 0) is 4.74 Å². The second-order valence-corrected chi connectivity index (χ2v) is 6.14. The highest BCUT2D eigenvalue weighted by Crippen LogP contribution is 2.26. The standard InChI is InChI=1S/C20H18N4O4/c1-28-10-2-9-24-18(25)16-8-7-15(11-17(16)19(24)26)23-20(27)22-14-5-3-13(12-21)4-6-14/h3-8,11H,2,9-10H2,1H3,(H2,22,23,27). The quantitative estimate of drug-likeness (QED) is 0.593. The highest BCUT2D eigenvalue weighted by atomic mass is 16.5. The zero-order valence-electron chi connectivity index (χ0n) is 15.2. The largest absolute Gasteiger partial charge is 0.385 e. The molecular formula is C20H18N4O4. The Morgan fingerprint density at radius 2 is 1.68 bits per heavy atom. The topological polar surface area (TPSA) is 112 Å². The number of benzene rings is 2. The van der Waals surface area contributed by atoms with Crippen LogP contribution in [0.2, 0.25) is 0 Å². The van der Waals surface area contributed by atoms with E-state index in [1.165, 1.54) is 17.0 Å². The molecule has 8 heteroatoms. The fourth-order valence-corrected chi connectivity index (χ4v) is 2.86. The van der Waals surface area contributed by atoms with E-state index in [1.54, 1.807) is 37.4 Å². The smallest absolute Gasteiger partial charge is 0.323 e. The van der Waals surface area contributed by atoms with Crippen molar-refractivity contribution in [3.63, 3.8) is 0 Å². The molecule has 8 nitrogen and oxygen atoms in total. The number of imide groups is 1. The van der Waals surface area contributed by atoms with Gasteiger partial charge in [-0.1, -0.05) is 0 Å². The van der Waals surface area contributed by atoms with Gasteiger partial charge in [-0.05, 0) is 48.9 Å². The third-order valence-corrected chi connectivity index (χ3v) is 4.23. The summed E-state index contributed by atoms with van der Waals surface area (Å²) in [6, 6.07) is 12.5. The second kappa shape index (κ2) is 8.33. The fraction of sp³-hybridized carbons (Fsp3) is 0.200. The van der Waals surface area contributed by atoms with Crippen LogP contribution >= 0.6 is 0 Å². The van der Waals surface area contributed by atoms with Crippen molar-refractivity contribution < 1.29 is 19.1 Å². The Morgan fingerprint density at radius 1 is 1.04 bits per heavy atom. The normalized spacial score (nSPS) is 12.5. The van der Waals surface area contributed by atoms with Gasteiger partial charge in [0.05, 0.1) is 22.8 Å². The fourth-order valence-electron chi connectivity index (χ4n) is 2.86. The molecule has 0 saturated heterocycles. The summed E-state index contributed by atoms with van der Waals surface area (Å²) in [5.74, 6) is -0.725. The number of hydrogen-bond donors (Lipinski definition) is 2. The summed E-state index contributed by atoms with van der Waals surface area (Å²) in [5, 5.41) is 14.1. The minimum Gasteiger partial charge on any atom is -0.385 e. The summed E-state index contributed by atoms with van der Waals surface area (Å²) in [7, 11) is 1.56. The van der Waals surface area contributed by atoms with Gasteiger partial charge in [-0.2, -0.15) is 5.26 Å². The first kappa shape index (κ1) is 19.1. The van der Waals surface area contributed by atoms with Crippen molar-refractivity contribution in [2.75, 3.05) is 30.9 Å². The van der Waals surface area contributed by atoms with Gasteiger partial charge in [0.1, 0.15) is 0 Å². The minimum atomic E-state index is -0.501. The predicted molar refractivity (Wildman–Crippen MR) is 102 cm³/mol. The zero-order valence-corrected chi connectivity index (χ0v) is 15.2. The van der Waals surface area contributed by atoms with Gasteiger partial charge in [-0.3, -0.25) is 14.5 Å². The number of ether oxygens (including phenoxy) is 1. The molecule has 28 heavy (non-hydrogen) atoms. The van der Waals surface area contributed by atoms with Gasteiger partial charge in [0.15, 0.2) is 0 Å². The maximum atomic E-state index is 12.5. The van der Waals surface area contributed by atoms with Crippen LogP contribution in [0.5, 0.6) is 0 Å². The molecule has 1 aliphatic rings. The van der Waals surface area contributed by atoms with Crippen molar-refractivity contribution in [3.8, 4) is 6.07 Å². The van der Waals surface area contributed by atoms with Gasteiger partial charge in [-0.25, -0.2) is 4.79 Å². The summed E-state index contributed by atoms with van der Waals surface area (Å²) in [4.78, 5) is 38.2. The van der Waals surface area contributed by atoms with Gasteiger partial charge in [0.25, 0.3) is 11.8 Å². The number of rotatable bonds is 6. The van der Waals surface area contributed by atoms with Crippen LogP contribution in [0, 0.1) is 11.3 Å². The molecule has 0 atom stereocenters. The van der Waals surface area contributed by atoms with E-state index < -0.39 is 6.03 Å². The number of fused-ring (bicyclic) bond motifs is 1. The van der Waals surface area contributed by atoms with Crippen LogP contribution in [-0.4, -0.2) is 43.0 Å². The van der Waals surface area contributed by atoms with Crippen LogP contribution in [0.4, 0.5) is 16.2 Å². The zero-order chi connectivity index (χ0) is 20.1. The third kappa shape index (κ3) is 4.00. The Labute approximate surface area is 161 Å². The molecule has 1 aliphatic heterocycles. The van der Waals surface area contributed by atoms with Crippen molar-refractivity contribution in [2.45, 2.75) is 6.42 Å². The molecule has 2 aromatic rings. The molecule has 1 heterocycles. The van der Waals surface area contributed by atoms with Gasteiger partial charge >= 0.3 is 6.03 Å². The van der Waals surface area contributed by atoms with Gasteiger partial charge < -0.3 is 15.4 Å². The number of nitrogens with one attached hydrogen (secondary N) is 2. The van der Waals surface area contributed by atoms with Crippen molar-refractivity contribution in [1.82, 2.24) is 4.90 Å². The number of anilines is 2. The van der Waals surface area contributed by atoms with Crippen molar-refractivity contribution in [1.29, 1.82) is 5.26 Å². The molecule has 0 saturated carbocycles. The Bertz CT molecular complexity index is 963. The molecule has 2 aromatic carbocycles. The summed E-state index contributed by atoms with van der Waals surface area (Å²) < 4.78 is 4.95. The SMILES string of the molecule is COCCCN1C(=O)c2ccc(NC(=O)Nc3ccc(C#N)cc3)cc2C1=O. The number of methoxy groups -OCH3 is 1. The van der Waals surface area contributed by atoms with Gasteiger partial charge in [-0.15, -0.1) is 0 Å². The maximum Gasteiger partial charge on any atom is 0.323 e. The number of amides is 4. The number of hydrogen-bond acceptors (Lipinski definition) is 5. The van der Waals surface area contributed by atoms with E-state index in [0.717, 1.165) is 0 Å². The Morgan fingerprint density at radius 3 is 2.36 bits per heavy atom. The van der Waals surface area contributed by atoms with Crippen LogP contribution in [0.15, 0.2) is 42.5 Å². The predicted octanol–water partition coefficient (Wildman–Crippen LogP) is 2.83. The van der Waals surface area contributed by atoms with E-state index in [9.17, 15) is 14.4 Å². The Kier molecular flexibility index (Phi) is 5.67. The molecule has 0 radical (unpaired) electrons.